The predicted molar refractivity (Wildman–Crippen MR) is 60.9 cm³/mol. The SMILES string of the molecule is Cc1ccc(Cn2cc(F)ccc2=O)cc1. The first-order chi connectivity index (χ1) is 7.65. The molecule has 0 N–H and O–H groups in total. The molecule has 0 amide bonds. The van der Waals surface area contributed by atoms with Gasteiger partial charge in [0.25, 0.3) is 5.56 Å². The third kappa shape index (κ3) is 2.37. The van der Waals surface area contributed by atoms with E-state index in [0.29, 0.717) is 6.54 Å². The van der Waals surface area contributed by atoms with Crippen molar-refractivity contribution >= 4 is 0 Å². The Kier molecular flexibility index (Phi) is 2.86. The van der Waals surface area contributed by atoms with Crippen LogP contribution in [0.2, 0.25) is 0 Å². The number of hydrogen-bond acceptors (Lipinski definition) is 1. The van der Waals surface area contributed by atoms with Gasteiger partial charge in [0.05, 0.1) is 6.54 Å². The van der Waals surface area contributed by atoms with Crippen LogP contribution in [-0.4, -0.2) is 4.57 Å². The smallest absolute Gasteiger partial charge is 0.251 e. The summed E-state index contributed by atoms with van der Waals surface area (Å²) in [6, 6.07) is 10.2. The quantitative estimate of drug-likeness (QED) is 0.756. The van der Waals surface area contributed by atoms with Crippen molar-refractivity contribution in [3.63, 3.8) is 0 Å². The minimum atomic E-state index is -0.397. The molecule has 0 fully saturated rings. The van der Waals surface area contributed by atoms with Gasteiger partial charge < -0.3 is 4.57 Å². The molecule has 0 atom stereocenters. The maximum atomic E-state index is 13.0. The Labute approximate surface area is 93.0 Å². The largest absolute Gasteiger partial charge is 0.308 e. The summed E-state index contributed by atoms with van der Waals surface area (Å²) in [6.45, 7) is 2.40. The summed E-state index contributed by atoms with van der Waals surface area (Å²) in [4.78, 5) is 11.4. The van der Waals surface area contributed by atoms with E-state index in [1.54, 1.807) is 0 Å². The summed E-state index contributed by atoms with van der Waals surface area (Å²) in [6.07, 6.45) is 1.22. The maximum Gasteiger partial charge on any atom is 0.251 e. The average molecular weight is 217 g/mol. The number of benzene rings is 1. The second-order valence-corrected chi connectivity index (χ2v) is 3.80. The first-order valence-electron chi connectivity index (χ1n) is 5.07. The summed E-state index contributed by atoms with van der Waals surface area (Å²) in [5.41, 5.74) is 1.95. The lowest BCUT2D eigenvalue weighted by molar-refractivity contribution is 0.595. The molecule has 0 unspecified atom stereocenters. The maximum absolute atomic E-state index is 13.0. The molecule has 0 bridgehead atoms. The van der Waals surface area contributed by atoms with E-state index >= 15 is 0 Å². The van der Waals surface area contributed by atoms with Crippen LogP contribution < -0.4 is 5.56 Å². The monoisotopic (exact) mass is 217 g/mol. The molecule has 16 heavy (non-hydrogen) atoms. The molecule has 1 heterocycles. The molecule has 0 saturated heterocycles. The van der Waals surface area contributed by atoms with Gasteiger partial charge in [0.1, 0.15) is 5.82 Å². The zero-order valence-corrected chi connectivity index (χ0v) is 8.98. The Morgan fingerprint density at radius 1 is 1.12 bits per heavy atom. The van der Waals surface area contributed by atoms with Gasteiger partial charge in [0.15, 0.2) is 0 Å². The highest BCUT2D eigenvalue weighted by Crippen LogP contribution is 2.04. The Morgan fingerprint density at radius 3 is 2.50 bits per heavy atom. The molecule has 2 rings (SSSR count). The van der Waals surface area contributed by atoms with E-state index in [2.05, 4.69) is 0 Å². The van der Waals surface area contributed by atoms with Gasteiger partial charge in [-0.15, -0.1) is 0 Å². The van der Waals surface area contributed by atoms with Crippen LogP contribution in [0.5, 0.6) is 0 Å². The van der Waals surface area contributed by atoms with Crippen LogP contribution in [0.4, 0.5) is 4.39 Å². The Balaban J connectivity index is 2.30. The van der Waals surface area contributed by atoms with Crippen LogP contribution in [0.25, 0.3) is 0 Å². The first-order valence-corrected chi connectivity index (χ1v) is 5.07. The highest BCUT2D eigenvalue weighted by Gasteiger charge is 1.99. The van der Waals surface area contributed by atoms with Crippen molar-refractivity contribution in [1.29, 1.82) is 0 Å². The summed E-state index contributed by atoms with van der Waals surface area (Å²) in [5.74, 6) is -0.397. The normalized spacial score (nSPS) is 10.4. The van der Waals surface area contributed by atoms with Gasteiger partial charge in [-0.2, -0.15) is 0 Å². The van der Waals surface area contributed by atoms with Crippen molar-refractivity contribution in [2.45, 2.75) is 13.5 Å². The lowest BCUT2D eigenvalue weighted by Crippen LogP contribution is -2.19. The van der Waals surface area contributed by atoms with Gasteiger partial charge in [0, 0.05) is 12.3 Å². The van der Waals surface area contributed by atoms with Gasteiger partial charge in [-0.3, -0.25) is 4.79 Å². The molecule has 1 aromatic carbocycles. The van der Waals surface area contributed by atoms with Crippen LogP contribution >= 0.6 is 0 Å². The van der Waals surface area contributed by atoms with Crippen molar-refractivity contribution in [1.82, 2.24) is 4.57 Å². The van der Waals surface area contributed by atoms with Crippen LogP contribution in [0.1, 0.15) is 11.1 Å². The van der Waals surface area contributed by atoms with E-state index in [4.69, 9.17) is 0 Å². The van der Waals surface area contributed by atoms with Crippen molar-refractivity contribution < 1.29 is 4.39 Å². The Bertz CT molecular complexity index is 543. The van der Waals surface area contributed by atoms with Crippen LogP contribution in [-0.2, 0) is 6.54 Å². The van der Waals surface area contributed by atoms with Crippen molar-refractivity contribution in [2.24, 2.45) is 0 Å². The van der Waals surface area contributed by atoms with Gasteiger partial charge in [-0.1, -0.05) is 29.8 Å². The van der Waals surface area contributed by atoms with Gasteiger partial charge >= 0.3 is 0 Å². The molecular formula is C13H12FNO. The molecule has 2 nitrogen and oxygen atoms in total. The molecule has 82 valence electrons. The molecular weight excluding hydrogens is 205 g/mol. The lowest BCUT2D eigenvalue weighted by atomic mass is 10.1. The molecule has 1 aromatic heterocycles. The van der Waals surface area contributed by atoms with Gasteiger partial charge in [-0.25, -0.2) is 4.39 Å². The van der Waals surface area contributed by atoms with Crippen LogP contribution in [0.3, 0.4) is 0 Å². The number of aromatic nitrogens is 1. The number of aryl methyl sites for hydroxylation is 1. The zero-order chi connectivity index (χ0) is 11.5. The summed E-state index contributed by atoms with van der Waals surface area (Å²) in [7, 11) is 0. The fourth-order valence-corrected chi connectivity index (χ4v) is 1.52. The lowest BCUT2D eigenvalue weighted by Gasteiger charge is -2.05. The second-order valence-electron chi connectivity index (χ2n) is 3.80. The minimum absolute atomic E-state index is 0.193. The van der Waals surface area contributed by atoms with Gasteiger partial charge in [0.2, 0.25) is 0 Å². The van der Waals surface area contributed by atoms with Crippen LogP contribution in [0, 0.1) is 12.7 Å². The standard InChI is InChI=1S/C13H12FNO/c1-10-2-4-11(5-3-10)8-15-9-12(14)6-7-13(15)16/h2-7,9H,8H2,1H3. The zero-order valence-electron chi connectivity index (χ0n) is 8.98. The number of hydrogen-bond donors (Lipinski definition) is 0. The third-order valence-electron chi connectivity index (χ3n) is 2.42. The fourth-order valence-electron chi connectivity index (χ4n) is 1.52. The number of nitrogens with zero attached hydrogens (tertiary/aromatic N) is 1. The third-order valence-corrected chi connectivity index (χ3v) is 2.42. The van der Waals surface area contributed by atoms with Crippen molar-refractivity contribution in [3.8, 4) is 0 Å². The summed E-state index contributed by atoms with van der Waals surface area (Å²) >= 11 is 0. The predicted octanol–water partition coefficient (Wildman–Crippen LogP) is 2.34. The van der Waals surface area contributed by atoms with Crippen LogP contribution in [0.15, 0.2) is 47.4 Å². The van der Waals surface area contributed by atoms with E-state index in [-0.39, 0.29) is 5.56 Å². The Morgan fingerprint density at radius 2 is 1.81 bits per heavy atom. The van der Waals surface area contributed by atoms with E-state index in [1.165, 1.54) is 22.9 Å². The highest BCUT2D eigenvalue weighted by atomic mass is 19.1. The molecule has 2 aromatic rings. The van der Waals surface area contributed by atoms with E-state index in [9.17, 15) is 9.18 Å². The molecule has 3 heteroatoms. The summed E-state index contributed by atoms with van der Waals surface area (Å²) in [5, 5.41) is 0. The molecule has 0 aliphatic rings. The van der Waals surface area contributed by atoms with Crippen molar-refractivity contribution in [2.75, 3.05) is 0 Å². The molecule has 0 aliphatic carbocycles. The number of halogens is 1. The van der Waals surface area contributed by atoms with Gasteiger partial charge in [-0.05, 0) is 18.6 Å². The topological polar surface area (TPSA) is 22.0 Å². The second kappa shape index (κ2) is 4.31. The number of pyridine rings is 1. The molecule has 0 saturated carbocycles. The average Bonchev–Trinajstić information content (AvgIpc) is 2.27. The van der Waals surface area contributed by atoms with E-state index in [1.807, 2.05) is 31.2 Å². The molecule has 0 spiro atoms. The fraction of sp³-hybridized carbons (Fsp3) is 0.154. The first kappa shape index (κ1) is 10.6. The van der Waals surface area contributed by atoms with E-state index in [0.717, 1.165) is 11.1 Å². The van der Waals surface area contributed by atoms with Crippen molar-refractivity contribution in [3.05, 3.63) is 69.9 Å². The molecule has 0 radical (unpaired) electrons. The number of rotatable bonds is 2. The Hall–Kier alpha value is -1.90. The molecule has 0 aliphatic heterocycles. The summed E-state index contributed by atoms with van der Waals surface area (Å²) < 4.78 is 14.3. The minimum Gasteiger partial charge on any atom is -0.308 e. The highest BCUT2D eigenvalue weighted by molar-refractivity contribution is 5.21. The van der Waals surface area contributed by atoms with E-state index < -0.39 is 5.82 Å².